The lowest BCUT2D eigenvalue weighted by atomic mass is 10.1. The molecule has 0 saturated carbocycles. The first-order valence-corrected chi connectivity index (χ1v) is 9.99. The highest BCUT2D eigenvalue weighted by Gasteiger charge is 2.29. The van der Waals surface area contributed by atoms with Gasteiger partial charge in [0.05, 0.1) is 16.5 Å². The summed E-state index contributed by atoms with van der Waals surface area (Å²) in [5.74, 6) is -1.25. The minimum atomic E-state index is -3.55. The number of nitrogens with zero attached hydrogens (tertiary/aromatic N) is 3. The van der Waals surface area contributed by atoms with Gasteiger partial charge in [-0.25, -0.2) is 13.2 Å². The van der Waals surface area contributed by atoms with Crippen LogP contribution in [0.5, 0.6) is 0 Å². The van der Waals surface area contributed by atoms with Crippen LogP contribution in [0.1, 0.15) is 37.0 Å². The first-order chi connectivity index (χ1) is 12.6. The van der Waals surface area contributed by atoms with E-state index in [1.807, 2.05) is 6.07 Å². The molecule has 1 fully saturated rings. The van der Waals surface area contributed by atoms with Crippen molar-refractivity contribution in [1.82, 2.24) is 9.21 Å². The van der Waals surface area contributed by atoms with Crippen molar-refractivity contribution in [2.45, 2.75) is 37.1 Å². The van der Waals surface area contributed by atoms with E-state index in [0.717, 1.165) is 12.8 Å². The predicted molar refractivity (Wildman–Crippen MR) is 97.2 cm³/mol. The van der Waals surface area contributed by atoms with Crippen LogP contribution in [0.2, 0.25) is 0 Å². The average Bonchev–Trinajstić information content (AvgIpc) is 3.20. The molecule has 146 valence electrons. The Labute approximate surface area is 159 Å². The number of carbonyl (C=O) groups excluding carboxylic acids is 2. The summed E-state index contributed by atoms with van der Waals surface area (Å²) in [7, 11) is -2.09. The SMILES string of the molecule is CN(C(=O)COC(=O)c1ccc(S(=O)(=O)N2CCCC2)cc1)C(C)(C)C#N. The number of rotatable bonds is 6. The number of nitriles is 1. The largest absolute Gasteiger partial charge is 0.452 e. The molecule has 27 heavy (non-hydrogen) atoms. The highest BCUT2D eigenvalue weighted by Crippen LogP contribution is 2.21. The van der Waals surface area contributed by atoms with E-state index in [9.17, 15) is 18.0 Å². The van der Waals surface area contributed by atoms with E-state index in [4.69, 9.17) is 10.00 Å². The lowest BCUT2D eigenvalue weighted by Crippen LogP contribution is -2.45. The van der Waals surface area contributed by atoms with Crippen LogP contribution in [0.3, 0.4) is 0 Å². The second-order valence-corrected chi connectivity index (χ2v) is 8.77. The molecule has 9 heteroatoms. The fraction of sp³-hybridized carbons (Fsp3) is 0.500. The summed E-state index contributed by atoms with van der Waals surface area (Å²) < 4.78 is 31.3. The summed E-state index contributed by atoms with van der Waals surface area (Å²) in [5.41, 5.74) is -0.875. The van der Waals surface area contributed by atoms with Crippen LogP contribution in [-0.4, -0.2) is 61.8 Å². The standard InChI is InChI=1S/C18H23N3O5S/c1-18(2,13-19)20(3)16(22)12-26-17(23)14-6-8-15(9-7-14)27(24,25)21-10-4-5-11-21/h6-9H,4-5,10-12H2,1-3H3. The third-order valence-electron chi connectivity index (χ3n) is 4.61. The molecule has 2 rings (SSSR count). The van der Waals surface area contributed by atoms with E-state index in [1.54, 1.807) is 13.8 Å². The predicted octanol–water partition coefficient (Wildman–Crippen LogP) is 1.39. The lowest BCUT2D eigenvalue weighted by Gasteiger charge is -2.28. The number of likely N-dealkylation sites (N-methyl/N-ethyl adjacent to an activating group) is 1. The van der Waals surface area contributed by atoms with Gasteiger partial charge in [-0.2, -0.15) is 9.57 Å². The average molecular weight is 393 g/mol. The second kappa shape index (κ2) is 8.06. The summed E-state index contributed by atoms with van der Waals surface area (Å²) in [5, 5.41) is 9.03. The number of benzene rings is 1. The quantitative estimate of drug-likeness (QED) is 0.676. The number of sulfonamides is 1. The number of hydrogen-bond acceptors (Lipinski definition) is 6. The van der Waals surface area contributed by atoms with Gasteiger partial charge in [0.15, 0.2) is 6.61 Å². The molecule has 0 aromatic heterocycles. The van der Waals surface area contributed by atoms with Gasteiger partial charge in [-0.3, -0.25) is 4.79 Å². The van der Waals surface area contributed by atoms with E-state index in [0.29, 0.717) is 13.1 Å². The maximum Gasteiger partial charge on any atom is 0.338 e. The van der Waals surface area contributed by atoms with E-state index >= 15 is 0 Å². The minimum absolute atomic E-state index is 0.118. The van der Waals surface area contributed by atoms with Crippen LogP contribution in [0.15, 0.2) is 29.2 Å². The Morgan fingerprint density at radius 2 is 1.78 bits per heavy atom. The highest BCUT2D eigenvalue weighted by molar-refractivity contribution is 7.89. The highest BCUT2D eigenvalue weighted by atomic mass is 32.2. The zero-order valence-electron chi connectivity index (χ0n) is 15.6. The normalized spacial score (nSPS) is 15.2. The molecule has 1 heterocycles. The van der Waals surface area contributed by atoms with Gasteiger partial charge in [0.2, 0.25) is 10.0 Å². The van der Waals surface area contributed by atoms with Crippen LogP contribution in [0, 0.1) is 11.3 Å². The number of hydrogen-bond donors (Lipinski definition) is 0. The van der Waals surface area contributed by atoms with E-state index in [1.165, 1.54) is 40.5 Å². The minimum Gasteiger partial charge on any atom is -0.452 e. The van der Waals surface area contributed by atoms with Crippen molar-refractivity contribution in [3.05, 3.63) is 29.8 Å². The van der Waals surface area contributed by atoms with Gasteiger partial charge in [0.1, 0.15) is 5.54 Å². The first kappa shape index (κ1) is 20.9. The van der Waals surface area contributed by atoms with Gasteiger partial charge < -0.3 is 9.64 Å². The Morgan fingerprint density at radius 1 is 1.22 bits per heavy atom. The summed E-state index contributed by atoms with van der Waals surface area (Å²) in [4.78, 5) is 25.4. The monoisotopic (exact) mass is 393 g/mol. The maximum atomic E-state index is 12.5. The van der Waals surface area contributed by atoms with Crippen molar-refractivity contribution >= 4 is 21.9 Å². The van der Waals surface area contributed by atoms with Crippen LogP contribution < -0.4 is 0 Å². The summed E-state index contributed by atoms with van der Waals surface area (Å²) in [6.45, 7) is 3.65. The third-order valence-corrected chi connectivity index (χ3v) is 6.52. The topological polar surface area (TPSA) is 108 Å². The van der Waals surface area contributed by atoms with Gasteiger partial charge in [-0.1, -0.05) is 0 Å². The van der Waals surface area contributed by atoms with Crippen molar-refractivity contribution in [2.75, 3.05) is 26.7 Å². The van der Waals surface area contributed by atoms with E-state index < -0.39 is 34.0 Å². The van der Waals surface area contributed by atoms with Gasteiger partial charge >= 0.3 is 5.97 Å². The number of carbonyl (C=O) groups is 2. The Kier molecular flexibility index (Phi) is 6.23. The van der Waals surface area contributed by atoms with Crippen LogP contribution >= 0.6 is 0 Å². The van der Waals surface area contributed by atoms with Gasteiger partial charge in [-0.15, -0.1) is 0 Å². The molecule has 0 radical (unpaired) electrons. The molecule has 1 aliphatic heterocycles. The van der Waals surface area contributed by atoms with Crippen LogP contribution in [0.25, 0.3) is 0 Å². The van der Waals surface area contributed by atoms with Crippen molar-refractivity contribution in [3.63, 3.8) is 0 Å². The number of esters is 1. The summed E-state index contributed by atoms with van der Waals surface area (Å²) >= 11 is 0. The molecule has 0 bridgehead atoms. The fourth-order valence-electron chi connectivity index (χ4n) is 2.53. The lowest BCUT2D eigenvalue weighted by molar-refractivity contribution is -0.136. The van der Waals surface area contributed by atoms with Gasteiger partial charge in [0.25, 0.3) is 5.91 Å². The molecule has 0 unspecified atom stereocenters. The van der Waals surface area contributed by atoms with Crippen molar-refractivity contribution in [2.24, 2.45) is 0 Å². The molecule has 1 amide bonds. The Bertz CT molecular complexity index is 850. The van der Waals surface area contributed by atoms with Gasteiger partial charge in [-0.05, 0) is 51.0 Å². The molecule has 1 aromatic rings. The van der Waals surface area contributed by atoms with E-state index in [-0.39, 0.29) is 10.5 Å². The molecule has 0 atom stereocenters. The summed E-state index contributed by atoms with van der Waals surface area (Å²) in [6, 6.07) is 7.42. The van der Waals surface area contributed by atoms with Crippen LogP contribution in [-0.2, 0) is 19.6 Å². The Morgan fingerprint density at radius 3 is 2.30 bits per heavy atom. The van der Waals surface area contributed by atoms with Crippen LogP contribution in [0.4, 0.5) is 0 Å². The maximum absolute atomic E-state index is 12.5. The van der Waals surface area contributed by atoms with Crippen molar-refractivity contribution in [1.29, 1.82) is 5.26 Å². The molecule has 0 aliphatic carbocycles. The smallest absolute Gasteiger partial charge is 0.338 e. The molecule has 1 aromatic carbocycles. The molecule has 1 saturated heterocycles. The van der Waals surface area contributed by atoms with Crippen molar-refractivity contribution < 1.29 is 22.7 Å². The Balaban J connectivity index is 2.00. The third kappa shape index (κ3) is 4.64. The van der Waals surface area contributed by atoms with Gasteiger partial charge in [0, 0.05) is 20.1 Å². The summed E-state index contributed by atoms with van der Waals surface area (Å²) in [6.07, 6.45) is 1.68. The molecular weight excluding hydrogens is 370 g/mol. The zero-order chi connectivity index (χ0) is 20.2. The molecule has 1 aliphatic rings. The Hall–Kier alpha value is -2.44. The molecule has 0 N–H and O–H groups in total. The first-order valence-electron chi connectivity index (χ1n) is 8.55. The molecule has 8 nitrogen and oxygen atoms in total. The molecule has 0 spiro atoms. The fourth-order valence-corrected chi connectivity index (χ4v) is 4.05. The number of ether oxygens (including phenoxy) is 1. The molecular formula is C18H23N3O5S. The van der Waals surface area contributed by atoms with Crippen molar-refractivity contribution in [3.8, 4) is 6.07 Å². The number of amides is 1. The zero-order valence-corrected chi connectivity index (χ0v) is 16.5. The second-order valence-electron chi connectivity index (χ2n) is 6.84. The van der Waals surface area contributed by atoms with E-state index in [2.05, 4.69) is 0 Å².